The van der Waals surface area contributed by atoms with Crippen molar-refractivity contribution in [3.63, 3.8) is 0 Å². The van der Waals surface area contributed by atoms with Crippen LogP contribution in [0.15, 0.2) is 93.8 Å². The number of amides is 1. The molecule has 0 spiro atoms. The Labute approximate surface area is 199 Å². The van der Waals surface area contributed by atoms with E-state index >= 15 is 0 Å². The molecular formula is C25H20N4O2S2. The quantitative estimate of drug-likeness (QED) is 0.333. The van der Waals surface area contributed by atoms with Gasteiger partial charge in [-0.15, -0.1) is 11.8 Å². The minimum absolute atomic E-state index is 0.119. The van der Waals surface area contributed by atoms with Crippen LogP contribution in [-0.4, -0.2) is 26.2 Å². The number of aromatic nitrogens is 3. The summed E-state index contributed by atoms with van der Waals surface area (Å²) in [4.78, 5) is 35.8. The number of para-hydroxylation sites is 1. The Morgan fingerprint density at radius 3 is 2.39 bits per heavy atom. The highest BCUT2D eigenvalue weighted by molar-refractivity contribution is 8.00. The van der Waals surface area contributed by atoms with Crippen molar-refractivity contribution in [1.82, 2.24) is 14.5 Å². The number of primary amides is 1. The van der Waals surface area contributed by atoms with Crippen molar-refractivity contribution in [2.24, 2.45) is 5.73 Å². The second-order valence-corrected chi connectivity index (χ2v) is 9.66. The van der Waals surface area contributed by atoms with Gasteiger partial charge in [0, 0.05) is 23.9 Å². The van der Waals surface area contributed by atoms with Crippen molar-refractivity contribution in [3.05, 3.63) is 101 Å². The first-order valence-electron chi connectivity index (χ1n) is 10.4. The molecule has 3 heterocycles. The van der Waals surface area contributed by atoms with Crippen LogP contribution in [0, 0.1) is 0 Å². The maximum absolute atomic E-state index is 13.3. The normalized spacial score (nSPS) is 13.5. The van der Waals surface area contributed by atoms with E-state index in [1.54, 1.807) is 16.8 Å². The molecule has 0 fully saturated rings. The van der Waals surface area contributed by atoms with Crippen LogP contribution in [0.4, 0.5) is 0 Å². The summed E-state index contributed by atoms with van der Waals surface area (Å²) < 4.78 is 1.57. The van der Waals surface area contributed by atoms with Gasteiger partial charge >= 0.3 is 0 Å². The van der Waals surface area contributed by atoms with Crippen molar-refractivity contribution < 1.29 is 4.79 Å². The molecule has 0 aliphatic carbocycles. The summed E-state index contributed by atoms with van der Waals surface area (Å²) in [5.41, 5.74) is 9.65. The first kappa shape index (κ1) is 21.5. The van der Waals surface area contributed by atoms with Gasteiger partial charge in [-0.05, 0) is 23.8 Å². The molecule has 8 heteroatoms. The molecule has 0 saturated carbocycles. The molecule has 2 aromatic carbocycles. The fourth-order valence-electron chi connectivity index (χ4n) is 3.71. The Kier molecular flexibility index (Phi) is 6.02. The summed E-state index contributed by atoms with van der Waals surface area (Å²) in [7, 11) is 0. The van der Waals surface area contributed by atoms with E-state index in [1.165, 1.54) is 11.8 Å². The zero-order valence-electron chi connectivity index (χ0n) is 17.5. The van der Waals surface area contributed by atoms with E-state index in [2.05, 4.69) is 4.98 Å². The van der Waals surface area contributed by atoms with Crippen LogP contribution < -0.4 is 11.3 Å². The molecule has 4 aromatic rings. The van der Waals surface area contributed by atoms with Crippen molar-refractivity contribution in [2.75, 3.05) is 5.75 Å². The van der Waals surface area contributed by atoms with Crippen molar-refractivity contribution in [1.29, 1.82) is 0 Å². The average molecular weight is 473 g/mol. The van der Waals surface area contributed by atoms with Gasteiger partial charge in [-0.25, -0.2) is 4.98 Å². The zero-order valence-corrected chi connectivity index (χ0v) is 19.2. The number of rotatable bonds is 6. The molecule has 0 bridgehead atoms. The van der Waals surface area contributed by atoms with Crippen LogP contribution in [0.25, 0.3) is 16.8 Å². The third-order valence-corrected chi connectivity index (χ3v) is 7.63. The minimum atomic E-state index is -0.788. The molecule has 1 atom stereocenters. The number of pyridine rings is 1. The number of nitrogens with two attached hydrogens (primary N) is 1. The van der Waals surface area contributed by atoms with E-state index in [1.807, 2.05) is 66.7 Å². The molecule has 33 heavy (non-hydrogen) atoms. The predicted molar refractivity (Wildman–Crippen MR) is 132 cm³/mol. The summed E-state index contributed by atoms with van der Waals surface area (Å²) in [6.45, 7) is 0. The average Bonchev–Trinajstić information content (AvgIpc) is 3.33. The second kappa shape index (κ2) is 9.25. The minimum Gasteiger partial charge on any atom is -0.368 e. The van der Waals surface area contributed by atoms with Crippen LogP contribution in [0.1, 0.15) is 16.6 Å². The summed E-state index contributed by atoms with van der Waals surface area (Å²) in [5, 5.41) is -0.353. The maximum atomic E-state index is 13.3. The van der Waals surface area contributed by atoms with Crippen LogP contribution in [-0.2, 0) is 11.2 Å². The molecule has 2 N–H and O–H groups in total. The molecule has 164 valence electrons. The summed E-state index contributed by atoms with van der Waals surface area (Å²) in [5.74, 6) is 0.283. The largest absolute Gasteiger partial charge is 0.368 e. The molecule has 2 aromatic heterocycles. The first-order chi connectivity index (χ1) is 16.1. The third-order valence-electron chi connectivity index (χ3n) is 5.32. The molecule has 5 rings (SSSR count). The van der Waals surface area contributed by atoms with E-state index in [-0.39, 0.29) is 5.56 Å². The first-order valence-corrected chi connectivity index (χ1v) is 12.3. The summed E-state index contributed by atoms with van der Waals surface area (Å²) >= 11 is 2.68. The SMILES string of the molecule is NC(=O)C(Sc1nc2c(c(=O)n1-c1ccccc1)SCC2)c1ccc(-c2ccccc2)cn1. The number of nitrogens with zero attached hydrogens (tertiary/aromatic N) is 3. The molecule has 0 saturated heterocycles. The second-order valence-electron chi connectivity index (χ2n) is 7.48. The molecule has 1 amide bonds. The van der Waals surface area contributed by atoms with Gasteiger partial charge in [-0.1, -0.05) is 66.4 Å². The Bertz CT molecular complexity index is 1360. The number of thioether (sulfide) groups is 2. The predicted octanol–water partition coefficient (Wildman–Crippen LogP) is 4.26. The number of hydrogen-bond donors (Lipinski definition) is 1. The molecule has 1 aliphatic rings. The van der Waals surface area contributed by atoms with Gasteiger partial charge in [0.05, 0.1) is 22.0 Å². The third kappa shape index (κ3) is 4.31. The lowest BCUT2D eigenvalue weighted by Crippen LogP contribution is -2.26. The van der Waals surface area contributed by atoms with Crippen LogP contribution in [0.2, 0.25) is 0 Å². The lowest BCUT2D eigenvalue weighted by Gasteiger charge is -2.17. The Hall–Kier alpha value is -3.36. The topological polar surface area (TPSA) is 90.9 Å². The van der Waals surface area contributed by atoms with E-state index in [0.717, 1.165) is 40.8 Å². The molecule has 1 aliphatic heterocycles. The van der Waals surface area contributed by atoms with Gasteiger partial charge in [0.2, 0.25) is 5.91 Å². The number of carbonyl (C=O) groups excluding carboxylic acids is 1. The summed E-state index contributed by atoms with van der Waals surface area (Å²) in [6.07, 6.45) is 2.46. The monoisotopic (exact) mass is 472 g/mol. The van der Waals surface area contributed by atoms with Crippen molar-refractivity contribution in [2.45, 2.75) is 21.7 Å². The number of fused-ring (bicyclic) bond motifs is 1. The standard InChI is InChI=1S/C25H20N4O2S2/c26-23(30)21(19-12-11-17(15-27-19)16-7-3-1-4-8-16)33-25-28-20-13-14-32-22(20)24(31)29(25)18-9-5-2-6-10-18/h1-12,15,21H,13-14H2,(H2,26,30). The fraction of sp³-hybridized carbons (Fsp3) is 0.120. The number of carbonyl (C=O) groups is 1. The highest BCUT2D eigenvalue weighted by atomic mass is 32.2. The maximum Gasteiger partial charge on any atom is 0.272 e. The Balaban J connectivity index is 1.55. The van der Waals surface area contributed by atoms with E-state index in [9.17, 15) is 9.59 Å². The Morgan fingerprint density at radius 2 is 1.73 bits per heavy atom. The fourth-order valence-corrected chi connectivity index (χ4v) is 5.78. The van der Waals surface area contributed by atoms with Gasteiger partial charge < -0.3 is 5.73 Å². The van der Waals surface area contributed by atoms with Gasteiger partial charge in [-0.2, -0.15) is 0 Å². The molecule has 6 nitrogen and oxygen atoms in total. The van der Waals surface area contributed by atoms with E-state index < -0.39 is 11.2 Å². The van der Waals surface area contributed by atoms with Crippen molar-refractivity contribution in [3.8, 4) is 16.8 Å². The number of benzene rings is 2. The Morgan fingerprint density at radius 1 is 1.00 bits per heavy atom. The molecular weight excluding hydrogens is 452 g/mol. The highest BCUT2D eigenvalue weighted by Gasteiger charge is 2.27. The molecule has 0 radical (unpaired) electrons. The van der Waals surface area contributed by atoms with Gasteiger partial charge in [0.15, 0.2) is 5.16 Å². The molecule has 1 unspecified atom stereocenters. The van der Waals surface area contributed by atoms with Crippen molar-refractivity contribution >= 4 is 29.4 Å². The smallest absolute Gasteiger partial charge is 0.272 e. The number of aryl methyl sites for hydroxylation is 1. The number of hydrogen-bond acceptors (Lipinski definition) is 6. The lowest BCUT2D eigenvalue weighted by molar-refractivity contribution is -0.117. The van der Waals surface area contributed by atoms with Gasteiger partial charge in [0.25, 0.3) is 5.56 Å². The van der Waals surface area contributed by atoms with Crippen LogP contribution in [0.5, 0.6) is 0 Å². The lowest BCUT2D eigenvalue weighted by atomic mass is 10.1. The van der Waals surface area contributed by atoms with Gasteiger partial charge in [0.1, 0.15) is 5.25 Å². The van der Waals surface area contributed by atoms with E-state index in [0.29, 0.717) is 21.4 Å². The summed E-state index contributed by atoms with van der Waals surface area (Å²) in [6, 6.07) is 22.9. The highest BCUT2D eigenvalue weighted by Crippen LogP contribution is 2.36. The van der Waals surface area contributed by atoms with Gasteiger partial charge in [-0.3, -0.25) is 19.1 Å². The zero-order chi connectivity index (χ0) is 22.8. The van der Waals surface area contributed by atoms with Crippen LogP contribution >= 0.6 is 23.5 Å². The van der Waals surface area contributed by atoms with Crippen LogP contribution in [0.3, 0.4) is 0 Å². The van der Waals surface area contributed by atoms with E-state index in [4.69, 9.17) is 10.7 Å².